The Bertz CT molecular complexity index is 1550. The van der Waals surface area contributed by atoms with Crippen molar-refractivity contribution in [1.29, 1.82) is 5.26 Å². The van der Waals surface area contributed by atoms with Crippen molar-refractivity contribution in [3.05, 3.63) is 66.4 Å². The van der Waals surface area contributed by atoms with E-state index in [1.807, 2.05) is 0 Å². The molecule has 44 heavy (non-hydrogen) atoms. The lowest BCUT2D eigenvalue weighted by atomic mass is 10.0. The first-order chi connectivity index (χ1) is 21.4. The van der Waals surface area contributed by atoms with Gasteiger partial charge in [-0.25, -0.2) is 0 Å². The number of benzene rings is 2. The van der Waals surface area contributed by atoms with E-state index >= 15 is 0 Å². The zero-order valence-electron chi connectivity index (χ0n) is 25.9. The normalized spacial score (nSPS) is 20.8. The van der Waals surface area contributed by atoms with Crippen LogP contribution in [-0.2, 0) is 17.8 Å². The molecule has 3 aromatic rings. The van der Waals surface area contributed by atoms with Crippen molar-refractivity contribution >= 4 is 28.2 Å². The van der Waals surface area contributed by atoms with Gasteiger partial charge in [0, 0.05) is 61.9 Å². The van der Waals surface area contributed by atoms with E-state index in [1.54, 1.807) is 4.90 Å². The van der Waals surface area contributed by atoms with E-state index in [0.29, 0.717) is 45.0 Å². The minimum atomic E-state index is -0.235. The number of carbonyl (C=O) groups excluding carboxylic acids is 1. The number of piperazine rings is 1. The van der Waals surface area contributed by atoms with Crippen LogP contribution < -0.4 is 14.5 Å². The maximum absolute atomic E-state index is 12.6. The number of amides is 1. The molecule has 2 fully saturated rings. The first kappa shape index (κ1) is 29.9. The molecule has 4 heterocycles. The molecule has 0 bridgehead atoms. The van der Waals surface area contributed by atoms with Crippen molar-refractivity contribution in [1.82, 2.24) is 24.7 Å². The lowest BCUT2D eigenvalue weighted by molar-refractivity contribution is -0.128. The van der Waals surface area contributed by atoms with Gasteiger partial charge in [0.15, 0.2) is 0 Å². The monoisotopic (exact) mass is 594 g/mol. The van der Waals surface area contributed by atoms with Crippen LogP contribution in [0.2, 0.25) is 0 Å². The molecule has 2 atom stereocenters. The Hall–Kier alpha value is -4.20. The number of piperidine rings is 1. The molecule has 0 radical (unpaired) electrons. The van der Waals surface area contributed by atoms with Crippen molar-refractivity contribution < 1.29 is 9.53 Å². The van der Waals surface area contributed by atoms with Gasteiger partial charge in [0.2, 0.25) is 5.91 Å². The number of aromatic nitrogens is 2. The van der Waals surface area contributed by atoms with Crippen molar-refractivity contribution in [2.75, 3.05) is 69.9 Å². The second-order valence-electron chi connectivity index (χ2n) is 12.2. The highest BCUT2D eigenvalue weighted by molar-refractivity contribution is 5.94. The number of nitriles is 1. The van der Waals surface area contributed by atoms with Gasteiger partial charge in [-0.3, -0.25) is 9.69 Å². The summed E-state index contributed by atoms with van der Waals surface area (Å²) in [6.07, 6.45) is 4.71. The van der Waals surface area contributed by atoms with E-state index in [1.165, 1.54) is 29.0 Å². The van der Waals surface area contributed by atoms with Crippen LogP contribution in [0.5, 0.6) is 6.01 Å². The third-order valence-corrected chi connectivity index (χ3v) is 9.28. The quantitative estimate of drug-likeness (QED) is 0.362. The van der Waals surface area contributed by atoms with Crippen LogP contribution in [0.4, 0.5) is 11.5 Å². The molecule has 2 aromatic carbocycles. The molecule has 0 spiro atoms. The van der Waals surface area contributed by atoms with Gasteiger partial charge in [0.25, 0.3) is 0 Å². The zero-order valence-corrected chi connectivity index (χ0v) is 25.9. The smallest absolute Gasteiger partial charge is 0.320 e. The average molecular weight is 595 g/mol. The summed E-state index contributed by atoms with van der Waals surface area (Å²) in [6.45, 7) is 9.20. The molecule has 6 rings (SSSR count). The number of fused-ring (bicyclic) bond motifs is 2. The van der Waals surface area contributed by atoms with E-state index in [2.05, 4.69) is 88.8 Å². The van der Waals surface area contributed by atoms with Crippen LogP contribution in [0.3, 0.4) is 0 Å². The van der Waals surface area contributed by atoms with Crippen LogP contribution in [0.15, 0.2) is 55.1 Å². The molecular weight excluding hydrogens is 552 g/mol. The molecule has 10 heteroatoms. The fraction of sp³-hybridized carbons (Fsp3) is 0.471. The lowest BCUT2D eigenvalue weighted by Crippen LogP contribution is -2.55. The van der Waals surface area contributed by atoms with Gasteiger partial charge in [-0.05, 0) is 50.9 Å². The van der Waals surface area contributed by atoms with Crippen LogP contribution in [0.1, 0.15) is 30.5 Å². The van der Waals surface area contributed by atoms with Gasteiger partial charge < -0.3 is 24.3 Å². The predicted octanol–water partition coefficient (Wildman–Crippen LogP) is 3.67. The van der Waals surface area contributed by atoms with E-state index in [0.717, 1.165) is 49.6 Å². The summed E-state index contributed by atoms with van der Waals surface area (Å²) in [6, 6.07) is 17.9. The van der Waals surface area contributed by atoms with Gasteiger partial charge in [0.05, 0.1) is 30.8 Å². The maximum atomic E-state index is 12.6. The number of nitrogens with zero attached hydrogens (tertiary/aromatic N) is 8. The molecule has 3 aliphatic rings. The van der Waals surface area contributed by atoms with Gasteiger partial charge in [0.1, 0.15) is 12.5 Å². The Morgan fingerprint density at radius 2 is 1.93 bits per heavy atom. The highest BCUT2D eigenvalue weighted by Crippen LogP contribution is 2.35. The van der Waals surface area contributed by atoms with E-state index in [-0.39, 0.29) is 18.4 Å². The molecule has 230 valence electrons. The summed E-state index contributed by atoms with van der Waals surface area (Å²) in [5.41, 5.74) is 3.29. The van der Waals surface area contributed by atoms with Gasteiger partial charge in [-0.2, -0.15) is 15.2 Å². The lowest BCUT2D eigenvalue weighted by Gasteiger charge is -2.42. The van der Waals surface area contributed by atoms with Gasteiger partial charge in [-0.15, -0.1) is 0 Å². The number of anilines is 2. The SMILES string of the molecule is C=CC(=O)N1CCN(c2nc(OCN3CCCC(N(C)C)C3)nc3c2CCN(c2cccc4ccccc24)C3)C[C@@H]1CC#N. The fourth-order valence-electron chi connectivity index (χ4n) is 6.86. The minimum Gasteiger partial charge on any atom is -0.447 e. The molecule has 0 saturated carbocycles. The molecule has 1 unspecified atom stereocenters. The molecule has 1 aromatic heterocycles. The summed E-state index contributed by atoms with van der Waals surface area (Å²) in [7, 11) is 4.27. The highest BCUT2D eigenvalue weighted by atomic mass is 16.5. The molecule has 3 aliphatic heterocycles. The second kappa shape index (κ2) is 13.2. The largest absolute Gasteiger partial charge is 0.447 e. The molecular formula is C34H42N8O2. The van der Waals surface area contributed by atoms with Crippen LogP contribution >= 0.6 is 0 Å². The number of carbonyl (C=O) groups is 1. The van der Waals surface area contributed by atoms with Crippen LogP contribution in [0, 0.1) is 11.3 Å². The summed E-state index contributed by atoms with van der Waals surface area (Å²) in [4.78, 5) is 33.6. The predicted molar refractivity (Wildman–Crippen MR) is 173 cm³/mol. The van der Waals surface area contributed by atoms with Crippen molar-refractivity contribution in [2.45, 2.75) is 44.3 Å². The number of likely N-dealkylation sites (N-methyl/N-ethyl adjacent to an activating group) is 1. The zero-order chi connectivity index (χ0) is 30.6. The first-order valence-electron chi connectivity index (χ1n) is 15.6. The number of likely N-dealkylation sites (tertiary alicyclic amines) is 1. The number of rotatable bonds is 8. The molecule has 1 amide bonds. The fourth-order valence-corrected chi connectivity index (χ4v) is 6.86. The van der Waals surface area contributed by atoms with Crippen LogP contribution in [-0.4, -0.2) is 103 Å². The minimum absolute atomic E-state index is 0.137. The number of ether oxygens (including phenoxy) is 1. The van der Waals surface area contributed by atoms with Crippen molar-refractivity contribution in [3.63, 3.8) is 0 Å². The summed E-state index contributed by atoms with van der Waals surface area (Å²) < 4.78 is 6.34. The summed E-state index contributed by atoms with van der Waals surface area (Å²) >= 11 is 0. The molecule has 0 aliphatic carbocycles. The third-order valence-electron chi connectivity index (χ3n) is 9.28. The van der Waals surface area contributed by atoms with Crippen molar-refractivity contribution in [3.8, 4) is 12.1 Å². The van der Waals surface area contributed by atoms with E-state index in [9.17, 15) is 10.1 Å². The first-order valence-corrected chi connectivity index (χ1v) is 15.6. The topological polar surface area (TPSA) is 92.1 Å². The van der Waals surface area contributed by atoms with Crippen LogP contribution in [0.25, 0.3) is 10.8 Å². The Morgan fingerprint density at radius 3 is 2.75 bits per heavy atom. The van der Waals surface area contributed by atoms with Gasteiger partial charge in [-0.1, -0.05) is 43.0 Å². The number of hydrogen-bond acceptors (Lipinski definition) is 9. The average Bonchev–Trinajstić information content (AvgIpc) is 3.06. The van der Waals surface area contributed by atoms with Gasteiger partial charge >= 0.3 is 6.01 Å². The maximum Gasteiger partial charge on any atom is 0.320 e. The third kappa shape index (κ3) is 6.21. The molecule has 0 N–H and O–H groups in total. The molecule has 10 nitrogen and oxygen atoms in total. The van der Waals surface area contributed by atoms with E-state index in [4.69, 9.17) is 14.7 Å². The summed E-state index contributed by atoms with van der Waals surface area (Å²) in [5.74, 6) is 0.725. The highest BCUT2D eigenvalue weighted by Gasteiger charge is 2.33. The Labute approximate surface area is 260 Å². The molecule has 2 saturated heterocycles. The number of hydrogen-bond donors (Lipinski definition) is 0. The Kier molecular flexibility index (Phi) is 8.96. The van der Waals surface area contributed by atoms with E-state index < -0.39 is 0 Å². The second-order valence-corrected chi connectivity index (χ2v) is 12.2. The summed E-state index contributed by atoms with van der Waals surface area (Å²) in [5, 5.41) is 12.0. The Balaban J connectivity index is 1.30. The standard InChI is InChI=1S/C34H42N8O2/c1-4-32(43)42-20-19-41(22-27(42)14-16-35)33-29-15-18-40(31-13-7-10-25-9-5-6-12-28(25)31)23-30(29)36-34(37-33)44-24-39-17-8-11-26(21-39)38(2)3/h4-7,9-10,12-13,26-27H,1,8,11,14-15,17-24H2,2-3H3/t26?,27-/m0/s1. The Morgan fingerprint density at radius 1 is 1.09 bits per heavy atom. The van der Waals surface area contributed by atoms with Crippen molar-refractivity contribution in [2.24, 2.45) is 0 Å².